The molecule has 0 saturated heterocycles. The normalized spacial score (nSPS) is 8.42. The van der Waals surface area contributed by atoms with Gasteiger partial charge in [-0.1, -0.05) is 12.1 Å². The molecule has 0 fully saturated rings. The molecule has 0 saturated carbocycles. The molecular weight excluding hydrogens is 223 g/mol. The second-order valence-corrected chi connectivity index (χ2v) is 2.60. The van der Waals surface area contributed by atoms with Crippen LogP contribution in [-0.2, 0) is 32.7 Å². The van der Waals surface area contributed by atoms with Crippen molar-refractivity contribution in [1.82, 2.24) is 0 Å². The zero-order valence-corrected chi connectivity index (χ0v) is 10.1. The molecule has 0 atom stereocenters. The standard InChI is InChI=1S/C10H12N.Y/c1-8(2)11-10-6-4-5-9(3)7-10;/h4-7,11H,1-2H2,3H3;/q-1;. The molecule has 1 N–H and O–H groups in total. The van der Waals surface area contributed by atoms with E-state index in [-0.39, 0.29) is 32.7 Å². The molecule has 0 bridgehead atoms. The van der Waals surface area contributed by atoms with Crippen LogP contribution in [0.25, 0.3) is 0 Å². The van der Waals surface area contributed by atoms with Crippen molar-refractivity contribution in [1.29, 1.82) is 0 Å². The third kappa shape index (κ3) is 3.94. The molecule has 0 aliphatic heterocycles. The second-order valence-electron chi connectivity index (χ2n) is 2.60. The zero-order chi connectivity index (χ0) is 8.27. The largest absolute Gasteiger partial charge is 0.390 e. The summed E-state index contributed by atoms with van der Waals surface area (Å²) in [4.78, 5) is 0. The molecule has 0 amide bonds. The van der Waals surface area contributed by atoms with Gasteiger partial charge in [-0.25, -0.2) is 13.5 Å². The Morgan fingerprint density at radius 2 is 2.17 bits per heavy atom. The van der Waals surface area contributed by atoms with Crippen LogP contribution in [0, 0.1) is 13.8 Å². The molecule has 1 radical (unpaired) electrons. The van der Waals surface area contributed by atoms with Gasteiger partial charge in [0.2, 0.25) is 0 Å². The molecule has 0 heterocycles. The van der Waals surface area contributed by atoms with E-state index in [1.54, 1.807) is 0 Å². The van der Waals surface area contributed by atoms with E-state index in [2.05, 4.69) is 37.9 Å². The molecule has 0 spiro atoms. The van der Waals surface area contributed by atoms with Crippen molar-refractivity contribution < 1.29 is 32.7 Å². The first kappa shape index (κ1) is 11.7. The minimum Gasteiger partial charge on any atom is -0.390 e. The number of rotatable bonds is 2. The van der Waals surface area contributed by atoms with Gasteiger partial charge in [-0.05, 0) is 24.6 Å². The molecule has 0 aliphatic rings. The number of allylic oxidation sites excluding steroid dienone is 1. The quantitative estimate of drug-likeness (QED) is 0.777. The average Bonchev–Trinajstić information content (AvgIpc) is 1.85. The Hall–Kier alpha value is -0.266. The fraction of sp³-hybridized carbons (Fsp3) is 0.100. The predicted molar refractivity (Wildman–Crippen MR) is 49.3 cm³/mol. The van der Waals surface area contributed by atoms with Crippen LogP contribution in [0.5, 0.6) is 0 Å². The maximum absolute atomic E-state index is 3.66. The Balaban J connectivity index is 0.00000121. The van der Waals surface area contributed by atoms with Crippen LogP contribution in [0.2, 0.25) is 0 Å². The third-order valence-corrected chi connectivity index (χ3v) is 1.34. The fourth-order valence-corrected chi connectivity index (χ4v) is 0.927. The van der Waals surface area contributed by atoms with Crippen molar-refractivity contribution in [3.63, 3.8) is 0 Å². The summed E-state index contributed by atoms with van der Waals surface area (Å²) in [5.74, 6) is 0. The van der Waals surface area contributed by atoms with E-state index in [0.717, 1.165) is 11.4 Å². The Bertz CT molecular complexity index is 268. The minimum absolute atomic E-state index is 0. The summed E-state index contributed by atoms with van der Waals surface area (Å²) in [5, 5.41) is 3.04. The first-order valence-corrected chi connectivity index (χ1v) is 3.53. The number of benzene rings is 1. The molecule has 0 unspecified atom stereocenters. The van der Waals surface area contributed by atoms with Gasteiger partial charge in [0.15, 0.2) is 0 Å². The van der Waals surface area contributed by atoms with Gasteiger partial charge < -0.3 is 5.32 Å². The van der Waals surface area contributed by atoms with E-state index in [0.29, 0.717) is 0 Å². The Morgan fingerprint density at radius 1 is 1.50 bits per heavy atom. The van der Waals surface area contributed by atoms with Crippen molar-refractivity contribution in [3.05, 3.63) is 49.0 Å². The van der Waals surface area contributed by atoms with Crippen molar-refractivity contribution in [3.8, 4) is 0 Å². The molecule has 1 nitrogen and oxygen atoms in total. The second kappa shape index (κ2) is 5.39. The average molecular weight is 235 g/mol. The molecule has 12 heavy (non-hydrogen) atoms. The Kier molecular flexibility index (Phi) is 5.27. The van der Waals surface area contributed by atoms with Gasteiger partial charge in [-0.2, -0.15) is 0 Å². The summed E-state index contributed by atoms with van der Waals surface area (Å²) in [7, 11) is 0. The predicted octanol–water partition coefficient (Wildman–Crippen LogP) is 2.75. The van der Waals surface area contributed by atoms with E-state index >= 15 is 0 Å². The molecule has 1 rings (SSSR count). The maximum Gasteiger partial charge on any atom is 0.0360 e. The fourth-order valence-electron chi connectivity index (χ4n) is 0.927. The SMILES string of the molecule is C=C([CH2-])Nc1cccc(C)c1.[Y]. The smallest absolute Gasteiger partial charge is 0.0360 e. The molecule has 1 aromatic carbocycles. The van der Waals surface area contributed by atoms with E-state index in [4.69, 9.17) is 0 Å². The van der Waals surface area contributed by atoms with Crippen molar-refractivity contribution in [2.24, 2.45) is 0 Å². The Labute approximate surface area is 99.1 Å². The molecule has 0 aliphatic carbocycles. The van der Waals surface area contributed by atoms with Gasteiger partial charge in [0.1, 0.15) is 0 Å². The number of anilines is 1. The minimum atomic E-state index is 0. The Morgan fingerprint density at radius 3 is 2.67 bits per heavy atom. The number of nitrogens with one attached hydrogen (secondary N) is 1. The molecular formula is C10H12NY-. The van der Waals surface area contributed by atoms with E-state index in [9.17, 15) is 0 Å². The van der Waals surface area contributed by atoms with E-state index in [1.165, 1.54) is 5.56 Å². The summed E-state index contributed by atoms with van der Waals surface area (Å²) in [6, 6.07) is 8.09. The van der Waals surface area contributed by atoms with Gasteiger partial charge in [0, 0.05) is 38.4 Å². The summed E-state index contributed by atoms with van der Waals surface area (Å²) in [6.45, 7) is 9.37. The number of hydrogen-bond donors (Lipinski definition) is 1. The molecule has 61 valence electrons. The van der Waals surface area contributed by atoms with Crippen LogP contribution < -0.4 is 5.32 Å². The van der Waals surface area contributed by atoms with E-state index in [1.807, 2.05) is 12.1 Å². The van der Waals surface area contributed by atoms with E-state index < -0.39 is 0 Å². The first-order chi connectivity index (χ1) is 5.18. The van der Waals surface area contributed by atoms with Crippen molar-refractivity contribution in [2.75, 3.05) is 5.32 Å². The first-order valence-electron chi connectivity index (χ1n) is 3.53. The van der Waals surface area contributed by atoms with Gasteiger partial charge in [-0.3, -0.25) is 0 Å². The monoisotopic (exact) mass is 235 g/mol. The van der Waals surface area contributed by atoms with Crippen molar-refractivity contribution >= 4 is 5.69 Å². The topological polar surface area (TPSA) is 12.0 Å². The van der Waals surface area contributed by atoms with Crippen LogP contribution in [0.3, 0.4) is 0 Å². The van der Waals surface area contributed by atoms with Gasteiger partial charge in [-0.15, -0.1) is 5.70 Å². The van der Waals surface area contributed by atoms with Crippen LogP contribution in [0.4, 0.5) is 5.69 Å². The molecule has 0 aromatic heterocycles. The van der Waals surface area contributed by atoms with Gasteiger partial charge >= 0.3 is 0 Å². The van der Waals surface area contributed by atoms with Crippen LogP contribution >= 0.6 is 0 Å². The summed E-state index contributed by atoms with van der Waals surface area (Å²) in [5.41, 5.74) is 3.00. The van der Waals surface area contributed by atoms with Gasteiger partial charge in [0.05, 0.1) is 0 Å². The summed E-state index contributed by atoms with van der Waals surface area (Å²) < 4.78 is 0. The third-order valence-electron chi connectivity index (χ3n) is 1.34. The summed E-state index contributed by atoms with van der Waals surface area (Å²) in [6.07, 6.45) is 0. The maximum atomic E-state index is 3.66. The zero-order valence-electron chi connectivity index (χ0n) is 7.30. The van der Waals surface area contributed by atoms with Crippen molar-refractivity contribution in [2.45, 2.75) is 6.92 Å². The molecule has 2 heteroatoms. The molecule has 1 aromatic rings. The van der Waals surface area contributed by atoms with Crippen LogP contribution in [0.1, 0.15) is 5.56 Å². The van der Waals surface area contributed by atoms with Crippen LogP contribution in [0.15, 0.2) is 36.5 Å². The summed E-state index contributed by atoms with van der Waals surface area (Å²) >= 11 is 0. The van der Waals surface area contributed by atoms with Gasteiger partial charge in [0.25, 0.3) is 0 Å². The van der Waals surface area contributed by atoms with Crippen LogP contribution in [-0.4, -0.2) is 0 Å². The number of aryl methyl sites for hydroxylation is 1. The number of hydrogen-bond acceptors (Lipinski definition) is 1.